The molecule has 2 aromatic rings. The van der Waals surface area contributed by atoms with E-state index in [0.717, 1.165) is 24.1 Å². The van der Waals surface area contributed by atoms with Crippen LogP contribution in [0.2, 0.25) is 0 Å². The van der Waals surface area contributed by atoms with Crippen LogP contribution in [0, 0.1) is 0 Å². The van der Waals surface area contributed by atoms with Gasteiger partial charge < -0.3 is 11.1 Å². The highest BCUT2D eigenvalue weighted by Gasteiger charge is 2.18. The Hall–Kier alpha value is -1.43. The highest BCUT2D eigenvalue weighted by Crippen LogP contribution is 2.28. The standard InChI is InChI=1S/C17H21N3OS.ClH/c18-13(11-12-7-3-1-4-8-12)16(21)20-17-19-14-9-5-2-6-10-15(14)22-17;/h1,3-4,7-8,13H,2,5-6,9-11,18H2,(H,19,20,21);1H. The van der Waals surface area contributed by atoms with E-state index in [9.17, 15) is 4.79 Å². The fourth-order valence-electron chi connectivity index (χ4n) is 2.74. The van der Waals surface area contributed by atoms with Crippen LogP contribution in [-0.2, 0) is 24.1 Å². The highest BCUT2D eigenvalue weighted by atomic mass is 35.5. The first kappa shape index (κ1) is 17.9. The fraction of sp³-hybridized carbons (Fsp3) is 0.412. The minimum atomic E-state index is -0.550. The molecule has 0 saturated carbocycles. The monoisotopic (exact) mass is 351 g/mol. The van der Waals surface area contributed by atoms with Crippen LogP contribution in [0.3, 0.4) is 0 Å². The average Bonchev–Trinajstić information content (AvgIpc) is 2.77. The maximum absolute atomic E-state index is 12.2. The lowest BCUT2D eigenvalue weighted by Gasteiger charge is -2.10. The van der Waals surface area contributed by atoms with Gasteiger partial charge in [0.05, 0.1) is 11.7 Å². The lowest BCUT2D eigenvalue weighted by atomic mass is 10.1. The first-order chi connectivity index (χ1) is 10.7. The molecule has 0 aliphatic heterocycles. The van der Waals surface area contributed by atoms with Crippen molar-refractivity contribution in [2.45, 2.75) is 44.6 Å². The third-order valence-electron chi connectivity index (χ3n) is 3.96. The quantitative estimate of drug-likeness (QED) is 0.830. The van der Waals surface area contributed by atoms with Crippen LogP contribution in [0.25, 0.3) is 0 Å². The number of halogens is 1. The zero-order valence-electron chi connectivity index (χ0n) is 13.0. The average molecular weight is 352 g/mol. The van der Waals surface area contributed by atoms with Crippen LogP contribution < -0.4 is 11.1 Å². The number of nitrogens with two attached hydrogens (primary N) is 1. The molecule has 4 nitrogen and oxygen atoms in total. The summed E-state index contributed by atoms with van der Waals surface area (Å²) in [6.45, 7) is 0. The minimum absolute atomic E-state index is 0. The molecule has 0 radical (unpaired) electrons. The van der Waals surface area contributed by atoms with Gasteiger partial charge in [0, 0.05) is 4.88 Å². The summed E-state index contributed by atoms with van der Waals surface area (Å²) in [5.41, 5.74) is 8.24. The van der Waals surface area contributed by atoms with Gasteiger partial charge in [0.2, 0.25) is 5.91 Å². The van der Waals surface area contributed by atoms with Crippen LogP contribution in [-0.4, -0.2) is 16.9 Å². The Balaban J connectivity index is 0.00000192. The summed E-state index contributed by atoms with van der Waals surface area (Å²) < 4.78 is 0. The first-order valence-corrected chi connectivity index (χ1v) is 8.63. The summed E-state index contributed by atoms with van der Waals surface area (Å²) in [5.74, 6) is -0.159. The second-order valence-electron chi connectivity index (χ2n) is 5.74. The summed E-state index contributed by atoms with van der Waals surface area (Å²) in [6.07, 6.45) is 6.33. The molecule has 0 fully saturated rings. The van der Waals surface area contributed by atoms with E-state index in [2.05, 4.69) is 10.3 Å². The van der Waals surface area contributed by atoms with Gasteiger partial charge in [0.15, 0.2) is 5.13 Å². The Morgan fingerprint density at radius 3 is 2.74 bits per heavy atom. The van der Waals surface area contributed by atoms with Crippen molar-refractivity contribution in [3.05, 3.63) is 46.5 Å². The molecule has 1 heterocycles. The second-order valence-corrected chi connectivity index (χ2v) is 6.82. The number of nitrogens with zero attached hydrogens (tertiary/aromatic N) is 1. The van der Waals surface area contributed by atoms with Crippen molar-refractivity contribution in [2.24, 2.45) is 5.73 Å². The number of hydrogen-bond donors (Lipinski definition) is 2. The number of aromatic nitrogens is 1. The second kappa shape index (κ2) is 8.43. The molecule has 0 bridgehead atoms. The number of fused-ring (bicyclic) bond motifs is 1. The topological polar surface area (TPSA) is 68.0 Å². The number of amides is 1. The number of aryl methyl sites for hydroxylation is 2. The molecule has 1 amide bonds. The Labute approximate surface area is 146 Å². The summed E-state index contributed by atoms with van der Waals surface area (Å²) in [7, 11) is 0. The van der Waals surface area contributed by atoms with Crippen LogP contribution in [0.1, 0.15) is 35.4 Å². The fourth-order valence-corrected chi connectivity index (χ4v) is 3.79. The molecule has 0 saturated heterocycles. The SMILES string of the molecule is Cl.NC(Cc1ccccc1)C(=O)Nc1nc2c(s1)CCCCC2. The van der Waals surface area contributed by atoms with Gasteiger partial charge in [-0.3, -0.25) is 4.79 Å². The van der Waals surface area contributed by atoms with Crippen molar-refractivity contribution >= 4 is 34.8 Å². The Morgan fingerprint density at radius 2 is 1.96 bits per heavy atom. The van der Waals surface area contributed by atoms with E-state index in [-0.39, 0.29) is 18.3 Å². The number of anilines is 1. The molecular weight excluding hydrogens is 330 g/mol. The third kappa shape index (κ3) is 4.77. The molecule has 1 aliphatic rings. The van der Waals surface area contributed by atoms with Crippen molar-refractivity contribution in [3.8, 4) is 0 Å². The van der Waals surface area contributed by atoms with E-state index in [1.165, 1.54) is 24.1 Å². The van der Waals surface area contributed by atoms with E-state index in [0.29, 0.717) is 11.6 Å². The number of thiazole rings is 1. The molecular formula is C17H22ClN3OS. The minimum Gasteiger partial charge on any atom is -0.320 e. The summed E-state index contributed by atoms with van der Waals surface area (Å²) in [4.78, 5) is 18.1. The summed E-state index contributed by atoms with van der Waals surface area (Å²) in [6, 6.07) is 9.29. The smallest absolute Gasteiger partial charge is 0.243 e. The maximum atomic E-state index is 12.2. The summed E-state index contributed by atoms with van der Waals surface area (Å²) >= 11 is 1.60. The zero-order chi connectivity index (χ0) is 15.4. The van der Waals surface area contributed by atoms with Crippen LogP contribution >= 0.6 is 23.7 Å². The van der Waals surface area contributed by atoms with Gasteiger partial charge in [-0.05, 0) is 37.7 Å². The number of hydrogen-bond acceptors (Lipinski definition) is 4. The van der Waals surface area contributed by atoms with Crippen molar-refractivity contribution < 1.29 is 4.79 Å². The number of rotatable bonds is 4. The summed E-state index contributed by atoms with van der Waals surface area (Å²) in [5, 5.41) is 3.58. The Bertz CT molecular complexity index is 621. The van der Waals surface area contributed by atoms with E-state index >= 15 is 0 Å². The largest absolute Gasteiger partial charge is 0.320 e. The molecule has 3 rings (SSSR count). The predicted octanol–water partition coefficient (Wildman–Crippen LogP) is 3.34. The van der Waals surface area contributed by atoms with E-state index < -0.39 is 6.04 Å². The van der Waals surface area contributed by atoms with Gasteiger partial charge in [0.25, 0.3) is 0 Å². The Morgan fingerprint density at radius 1 is 1.22 bits per heavy atom. The molecule has 1 aromatic carbocycles. The number of carbonyl (C=O) groups excluding carboxylic acids is 1. The van der Waals surface area contributed by atoms with Crippen molar-refractivity contribution in [1.29, 1.82) is 0 Å². The molecule has 1 aliphatic carbocycles. The van der Waals surface area contributed by atoms with Crippen molar-refractivity contribution in [2.75, 3.05) is 5.32 Å². The maximum Gasteiger partial charge on any atom is 0.243 e. The molecule has 23 heavy (non-hydrogen) atoms. The first-order valence-electron chi connectivity index (χ1n) is 7.81. The lowest BCUT2D eigenvalue weighted by Crippen LogP contribution is -2.37. The Kier molecular flexibility index (Phi) is 6.57. The van der Waals surface area contributed by atoms with E-state index in [1.54, 1.807) is 11.3 Å². The van der Waals surface area contributed by atoms with Gasteiger partial charge in [0.1, 0.15) is 0 Å². The molecule has 1 unspecified atom stereocenters. The normalized spacial score (nSPS) is 15.0. The van der Waals surface area contributed by atoms with Crippen molar-refractivity contribution in [3.63, 3.8) is 0 Å². The molecule has 1 aromatic heterocycles. The van der Waals surface area contributed by atoms with Crippen LogP contribution in [0.15, 0.2) is 30.3 Å². The van der Waals surface area contributed by atoms with Gasteiger partial charge >= 0.3 is 0 Å². The number of carbonyl (C=O) groups is 1. The predicted molar refractivity (Wildman–Crippen MR) is 97.4 cm³/mol. The van der Waals surface area contributed by atoms with Gasteiger partial charge in [-0.1, -0.05) is 36.8 Å². The molecule has 6 heteroatoms. The van der Waals surface area contributed by atoms with Crippen LogP contribution in [0.4, 0.5) is 5.13 Å². The molecule has 124 valence electrons. The van der Waals surface area contributed by atoms with Crippen LogP contribution in [0.5, 0.6) is 0 Å². The third-order valence-corrected chi connectivity index (χ3v) is 5.03. The van der Waals surface area contributed by atoms with E-state index in [1.807, 2.05) is 30.3 Å². The van der Waals surface area contributed by atoms with Gasteiger partial charge in [-0.15, -0.1) is 23.7 Å². The zero-order valence-corrected chi connectivity index (χ0v) is 14.6. The van der Waals surface area contributed by atoms with Gasteiger partial charge in [-0.25, -0.2) is 4.98 Å². The highest BCUT2D eigenvalue weighted by molar-refractivity contribution is 7.15. The molecule has 1 atom stereocenters. The number of nitrogens with one attached hydrogen (secondary N) is 1. The van der Waals surface area contributed by atoms with E-state index in [4.69, 9.17) is 5.73 Å². The van der Waals surface area contributed by atoms with Gasteiger partial charge in [-0.2, -0.15) is 0 Å². The molecule has 3 N–H and O–H groups in total. The lowest BCUT2D eigenvalue weighted by molar-refractivity contribution is -0.117. The van der Waals surface area contributed by atoms with Crippen molar-refractivity contribution in [1.82, 2.24) is 4.98 Å². The number of benzene rings is 1. The molecule has 0 spiro atoms.